The van der Waals surface area contributed by atoms with Crippen LogP contribution in [0.5, 0.6) is 23.0 Å². The first-order valence-electron chi connectivity index (χ1n) is 12.8. The molecule has 0 spiro atoms. The molecule has 1 fully saturated rings. The Morgan fingerprint density at radius 2 is 1.78 bits per heavy atom. The lowest BCUT2D eigenvalue weighted by molar-refractivity contribution is -0.132. The minimum atomic E-state index is -1.01. The van der Waals surface area contributed by atoms with Gasteiger partial charge in [0, 0.05) is 5.56 Å². The molecule has 1 unspecified atom stereocenters. The van der Waals surface area contributed by atoms with Crippen molar-refractivity contribution in [3.05, 3.63) is 94.0 Å². The third kappa shape index (κ3) is 4.95. The van der Waals surface area contributed by atoms with Crippen LogP contribution >= 0.6 is 11.3 Å². The van der Waals surface area contributed by atoms with Crippen molar-refractivity contribution in [3.8, 4) is 23.0 Å². The molecule has 1 N–H and O–H groups in total. The Morgan fingerprint density at radius 1 is 1.00 bits per heavy atom. The van der Waals surface area contributed by atoms with Gasteiger partial charge in [0.25, 0.3) is 5.78 Å². The van der Waals surface area contributed by atoms with Gasteiger partial charge < -0.3 is 24.1 Å². The molecule has 1 amide bonds. The lowest BCUT2D eigenvalue weighted by Gasteiger charge is -2.24. The number of hydrogen-bond donors (Lipinski definition) is 1. The molecule has 0 radical (unpaired) electrons. The highest BCUT2D eigenvalue weighted by atomic mass is 32.1. The molecule has 10 nitrogen and oxygen atoms in total. The van der Waals surface area contributed by atoms with Gasteiger partial charge in [0.05, 0.1) is 18.7 Å². The number of aliphatic hydroxyl groups is 1. The lowest BCUT2D eigenvalue weighted by Crippen LogP contribution is -2.29. The van der Waals surface area contributed by atoms with Crippen LogP contribution in [0.3, 0.4) is 0 Å². The summed E-state index contributed by atoms with van der Waals surface area (Å²) in [4.78, 5) is 28.2. The van der Waals surface area contributed by atoms with Gasteiger partial charge in [0.2, 0.25) is 5.13 Å². The van der Waals surface area contributed by atoms with E-state index in [0.717, 1.165) is 5.56 Å². The molecule has 208 valence electrons. The Balaban J connectivity index is 1.44. The fourth-order valence-corrected chi connectivity index (χ4v) is 5.50. The summed E-state index contributed by atoms with van der Waals surface area (Å²) >= 11 is 1.17. The number of benzene rings is 3. The molecule has 1 saturated heterocycles. The number of nitrogens with zero attached hydrogens (tertiary/aromatic N) is 3. The molecule has 0 saturated carbocycles. The Hall–Kier alpha value is -4.90. The molecule has 11 heteroatoms. The van der Waals surface area contributed by atoms with Crippen LogP contribution in [0.15, 0.2) is 72.3 Å². The largest absolute Gasteiger partial charge is 0.507 e. The summed E-state index contributed by atoms with van der Waals surface area (Å²) in [5.74, 6) is -0.172. The van der Waals surface area contributed by atoms with Crippen LogP contribution in [0, 0.1) is 6.92 Å². The SMILES string of the molecule is COc1cc(C2/C(=C(/O)c3ccc4c(c3)OCCO4)C(=O)C(=O)N2c2nnc(C)s2)ccc1OCc1ccccc1. The van der Waals surface area contributed by atoms with Gasteiger partial charge in [0.1, 0.15) is 30.6 Å². The van der Waals surface area contributed by atoms with Gasteiger partial charge in [-0.2, -0.15) is 0 Å². The van der Waals surface area contributed by atoms with E-state index in [1.807, 2.05) is 30.3 Å². The van der Waals surface area contributed by atoms with E-state index < -0.39 is 17.7 Å². The molecule has 6 rings (SSSR count). The average Bonchev–Trinajstić information content (AvgIpc) is 3.55. The second-order valence-electron chi connectivity index (χ2n) is 9.32. The van der Waals surface area contributed by atoms with Crippen LogP contribution in [0.1, 0.15) is 27.7 Å². The maximum absolute atomic E-state index is 13.5. The number of aryl methyl sites for hydroxylation is 1. The third-order valence-corrected chi connectivity index (χ3v) is 7.56. The zero-order valence-corrected chi connectivity index (χ0v) is 23.0. The second kappa shape index (κ2) is 10.9. The van der Waals surface area contributed by atoms with Crippen molar-refractivity contribution in [1.82, 2.24) is 10.2 Å². The molecule has 3 aromatic carbocycles. The number of rotatable bonds is 7. The Kier molecular flexibility index (Phi) is 7.02. The zero-order valence-electron chi connectivity index (χ0n) is 22.2. The van der Waals surface area contributed by atoms with Crippen molar-refractivity contribution in [3.63, 3.8) is 0 Å². The van der Waals surface area contributed by atoms with Crippen molar-refractivity contribution >= 4 is 33.9 Å². The predicted octanol–water partition coefficient (Wildman–Crippen LogP) is 4.83. The van der Waals surface area contributed by atoms with E-state index in [2.05, 4.69) is 10.2 Å². The molecule has 2 aliphatic rings. The first kappa shape index (κ1) is 26.3. The Bertz CT molecular complexity index is 1670. The fraction of sp³-hybridized carbons (Fsp3) is 0.200. The Labute approximate surface area is 239 Å². The number of Topliss-reactive ketones (excluding diaryl/α,β-unsaturated/α-hetero) is 1. The fourth-order valence-electron chi connectivity index (χ4n) is 4.78. The highest BCUT2D eigenvalue weighted by Crippen LogP contribution is 2.45. The minimum Gasteiger partial charge on any atom is -0.507 e. The van der Waals surface area contributed by atoms with Crippen LogP contribution in [0.2, 0.25) is 0 Å². The number of carbonyl (C=O) groups is 2. The number of ether oxygens (including phenoxy) is 4. The Morgan fingerprint density at radius 3 is 2.51 bits per heavy atom. The lowest BCUT2D eigenvalue weighted by atomic mass is 9.95. The molecule has 1 atom stereocenters. The molecule has 2 aliphatic heterocycles. The number of anilines is 1. The number of aromatic nitrogens is 2. The standard InChI is InChI=1S/C30H25N3O7S/c1-17-31-32-30(41-17)33-26(19-8-10-21(23(14-19)37-2)40-16-18-6-4-3-5-7-18)25(28(35)29(33)36)27(34)20-9-11-22-24(15-20)39-13-12-38-22/h3-11,14-15,26,34H,12-13,16H2,1-2H3/b27-25-. The normalized spacial score (nSPS) is 17.5. The van der Waals surface area contributed by atoms with Gasteiger partial charge in [-0.3, -0.25) is 14.5 Å². The van der Waals surface area contributed by atoms with Crippen molar-refractivity contribution in [1.29, 1.82) is 0 Å². The predicted molar refractivity (Wildman–Crippen MR) is 151 cm³/mol. The number of methoxy groups -OCH3 is 1. The number of aliphatic hydroxyl groups excluding tert-OH is 1. The van der Waals surface area contributed by atoms with Crippen molar-refractivity contribution in [2.45, 2.75) is 19.6 Å². The van der Waals surface area contributed by atoms with E-state index >= 15 is 0 Å². The van der Waals surface area contributed by atoms with E-state index in [4.69, 9.17) is 18.9 Å². The summed E-state index contributed by atoms with van der Waals surface area (Å²) in [5.41, 5.74) is 1.71. The van der Waals surface area contributed by atoms with Gasteiger partial charge in [-0.1, -0.05) is 47.7 Å². The van der Waals surface area contributed by atoms with E-state index in [9.17, 15) is 14.7 Å². The minimum absolute atomic E-state index is 0.0977. The first-order chi connectivity index (χ1) is 19.9. The number of amides is 1. The van der Waals surface area contributed by atoms with Gasteiger partial charge in [0.15, 0.2) is 23.0 Å². The van der Waals surface area contributed by atoms with Crippen molar-refractivity contribution < 1.29 is 33.6 Å². The smallest absolute Gasteiger partial charge is 0.301 e. The maximum atomic E-state index is 13.5. The zero-order chi connectivity index (χ0) is 28.5. The van der Waals surface area contributed by atoms with Crippen LogP contribution in [0.25, 0.3) is 5.76 Å². The van der Waals surface area contributed by atoms with E-state index in [0.29, 0.717) is 59.0 Å². The third-order valence-electron chi connectivity index (χ3n) is 6.72. The van der Waals surface area contributed by atoms with Crippen LogP contribution in [-0.2, 0) is 16.2 Å². The summed E-state index contributed by atoms with van der Waals surface area (Å²) in [7, 11) is 1.51. The molecule has 0 aliphatic carbocycles. The molecule has 0 bridgehead atoms. The number of carbonyl (C=O) groups excluding carboxylic acids is 2. The second-order valence-corrected chi connectivity index (χ2v) is 10.5. The quantitative estimate of drug-likeness (QED) is 0.189. The maximum Gasteiger partial charge on any atom is 0.301 e. The topological polar surface area (TPSA) is 120 Å². The monoisotopic (exact) mass is 571 g/mol. The summed E-state index contributed by atoms with van der Waals surface area (Å²) in [6.45, 7) is 2.85. The van der Waals surface area contributed by atoms with E-state index in [-0.39, 0.29) is 16.5 Å². The number of ketones is 1. The summed E-state index contributed by atoms with van der Waals surface area (Å²) in [6, 6.07) is 18.7. The molecule has 4 aromatic rings. The van der Waals surface area contributed by atoms with Gasteiger partial charge in [-0.25, -0.2) is 0 Å². The van der Waals surface area contributed by atoms with Crippen LogP contribution < -0.4 is 23.8 Å². The van der Waals surface area contributed by atoms with Gasteiger partial charge in [-0.15, -0.1) is 10.2 Å². The molecule has 3 heterocycles. The van der Waals surface area contributed by atoms with Crippen molar-refractivity contribution in [2.75, 3.05) is 25.2 Å². The van der Waals surface area contributed by atoms with E-state index in [1.54, 1.807) is 43.3 Å². The molecular weight excluding hydrogens is 546 g/mol. The molecular formula is C30H25N3O7S. The van der Waals surface area contributed by atoms with E-state index in [1.165, 1.54) is 23.3 Å². The summed E-state index contributed by atoms with van der Waals surface area (Å²) in [6.07, 6.45) is 0. The average molecular weight is 572 g/mol. The molecule has 41 heavy (non-hydrogen) atoms. The van der Waals surface area contributed by atoms with Gasteiger partial charge in [-0.05, 0) is 48.4 Å². The van der Waals surface area contributed by atoms with Crippen molar-refractivity contribution in [2.24, 2.45) is 0 Å². The first-order valence-corrected chi connectivity index (χ1v) is 13.6. The summed E-state index contributed by atoms with van der Waals surface area (Å²) < 4.78 is 22.9. The highest BCUT2D eigenvalue weighted by Gasteiger charge is 2.48. The highest BCUT2D eigenvalue weighted by molar-refractivity contribution is 7.15. The summed E-state index contributed by atoms with van der Waals surface area (Å²) in [5, 5.41) is 20.5. The number of hydrogen-bond acceptors (Lipinski definition) is 10. The van der Waals surface area contributed by atoms with Crippen LogP contribution in [-0.4, -0.2) is 47.3 Å². The number of fused-ring (bicyclic) bond motifs is 1. The van der Waals surface area contributed by atoms with Gasteiger partial charge >= 0.3 is 5.91 Å². The van der Waals surface area contributed by atoms with Crippen LogP contribution in [0.4, 0.5) is 5.13 Å². The molecule has 1 aromatic heterocycles.